The molecule has 0 saturated carbocycles. The molecule has 1 aromatic heterocycles. The van der Waals surface area contributed by atoms with Gasteiger partial charge in [-0.05, 0) is 29.6 Å². The number of rotatable bonds is 6. The molecule has 134 valence electrons. The van der Waals surface area contributed by atoms with Crippen LogP contribution in [0.2, 0.25) is 0 Å². The third kappa shape index (κ3) is 4.44. The molecular formula is C16H19N3O4S2. The predicted octanol–water partition coefficient (Wildman–Crippen LogP) is 1.85. The van der Waals surface area contributed by atoms with Gasteiger partial charge in [-0.25, -0.2) is 8.42 Å². The van der Waals surface area contributed by atoms with Gasteiger partial charge in [0, 0.05) is 18.7 Å². The summed E-state index contributed by atoms with van der Waals surface area (Å²) in [6.45, 7) is 4.17. The molecule has 2 N–H and O–H groups in total. The largest absolute Gasteiger partial charge is 0.279 e. The summed E-state index contributed by atoms with van der Waals surface area (Å²) in [5, 5.41) is 1.75. The Morgan fingerprint density at radius 1 is 1.04 bits per heavy atom. The average Bonchev–Trinajstić information content (AvgIpc) is 3.15. The van der Waals surface area contributed by atoms with Crippen molar-refractivity contribution < 1.29 is 18.0 Å². The van der Waals surface area contributed by atoms with Gasteiger partial charge in [-0.3, -0.25) is 20.4 Å². The van der Waals surface area contributed by atoms with Gasteiger partial charge in [0.1, 0.15) is 0 Å². The summed E-state index contributed by atoms with van der Waals surface area (Å²) in [5.74, 6) is -1.03. The minimum Gasteiger partial charge on any atom is -0.267 e. The lowest BCUT2D eigenvalue weighted by molar-refractivity contribution is 0.0849. The van der Waals surface area contributed by atoms with Crippen LogP contribution in [0.15, 0.2) is 46.7 Å². The van der Waals surface area contributed by atoms with Crippen molar-refractivity contribution in [3.8, 4) is 0 Å². The zero-order valence-corrected chi connectivity index (χ0v) is 15.5. The van der Waals surface area contributed by atoms with Crippen LogP contribution in [0.4, 0.5) is 0 Å². The quantitative estimate of drug-likeness (QED) is 0.747. The van der Waals surface area contributed by atoms with E-state index in [0.717, 1.165) is 0 Å². The molecule has 9 heteroatoms. The number of carbonyl (C=O) groups is 2. The number of benzene rings is 1. The van der Waals surface area contributed by atoms with E-state index in [9.17, 15) is 18.0 Å². The molecule has 0 bridgehead atoms. The van der Waals surface area contributed by atoms with Crippen molar-refractivity contribution in [1.82, 2.24) is 15.2 Å². The Morgan fingerprint density at radius 3 is 2.32 bits per heavy atom. The molecule has 0 radical (unpaired) electrons. The molecule has 0 fully saturated rings. The van der Waals surface area contributed by atoms with Crippen LogP contribution in [0.1, 0.15) is 33.9 Å². The van der Waals surface area contributed by atoms with E-state index >= 15 is 0 Å². The van der Waals surface area contributed by atoms with Crippen LogP contribution < -0.4 is 10.9 Å². The number of thiophene rings is 1. The molecule has 7 nitrogen and oxygen atoms in total. The molecule has 0 aliphatic rings. The number of hydrazine groups is 1. The minimum absolute atomic E-state index is 0.0356. The molecule has 25 heavy (non-hydrogen) atoms. The van der Waals surface area contributed by atoms with Crippen molar-refractivity contribution in [3.63, 3.8) is 0 Å². The minimum atomic E-state index is -3.66. The van der Waals surface area contributed by atoms with Gasteiger partial charge in [0.05, 0.1) is 9.77 Å². The second kappa shape index (κ2) is 8.24. The summed E-state index contributed by atoms with van der Waals surface area (Å²) < 4.78 is 26.3. The fourth-order valence-corrected chi connectivity index (χ4v) is 4.29. The van der Waals surface area contributed by atoms with E-state index in [1.807, 2.05) is 0 Å². The maximum atomic E-state index is 12.5. The summed E-state index contributed by atoms with van der Waals surface area (Å²) >= 11 is 1.24. The molecule has 2 aromatic rings. The SMILES string of the molecule is CCN(CC)S(=O)(=O)c1cccc(C(=O)NNC(=O)c2cccs2)c1. The van der Waals surface area contributed by atoms with Crippen LogP contribution >= 0.6 is 11.3 Å². The first-order valence-electron chi connectivity index (χ1n) is 7.64. The summed E-state index contributed by atoms with van der Waals surface area (Å²) in [7, 11) is -3.66. The Hall–Kier alpha value is -2.23. The molecular weight excluding hydrogens is 362 g/mol. The summed E-state index contributed by atoms with van der Waals surface area (Å²) in [6, 6.07) is 9.06. The number of carbonyl (C=O) groups excluding carboxylic acids is 2. The van der Waals surface area contributed by atoms with E-state index in [1.165, 1.54) is 39.9 Å². The Bertz CT molecular complexity index is 844. The summed E-state index contributed by atoms with van der Waals surface area (Å²) in [6.07, 6.45) is 0. The highest BCUT2D eigenvalue weighted by Crippen LogP contribution is 2.17. The molecule has 0 saturated heterocycles. The average molecular weight is 381 g/mol. The number of nitrogens with one attached hydrogen (secondary N) is 2. The number of sulfonamides is 1. The van der Waals surface area contributed by atoms with Crippen molar-refractivity contribution in [2.75, 3.05) is 13.1 Å². The molecule has 2 amide bonds. The standard InChI is InChI=1S/C16H19N3O4S2/c1-3-19(4-2)25(22,23)13-8-5-7-12(11-13)15(20)17-18-16(21)14-9-6-10-24-14/h5-11H,3-4H2,1-2H3,(H,17,20)(H,18,21). The van der Waals surface area contributed by atoms with Crippen LogP contribution in [0.25, 0.3) is 0 Å². The highest BCUT2D eigenvalue weighted by Gasteiger charge is 2.22. The Labute approximate surface area is 150 Å². The van der Waals surface area contributed by atoms with Crippen LogP contribution in [0.5, 0.6) is 0 Å². The number of amides is 2. The Kier molecular flexibility index (Phi) is 6.29. The number of nitrogens with zero attached hydrogens (tertiary/aromatic N) is 1. The molecule has 1 heterocycles. The highest BCUT2D eigenvalue weighted by atomic mass is 32.2. The lowest BCUT2D eigenvalue weighted by atomic mass is 10.2. The van der Waals surface area contributed by atoms with Crippen molar-refractivity contribution in [1.29, 1.82) is 0 Å². The maximum absolute atomic E-state index is 12.5. The molecule has 2 rings (SSSR count). The molecule has 0 aliphatic carbocycles. The van der Waals surface area contributed by atoms with Gasteiger partial charge in [-0.15, -0.1) is 11.3 Å². The highest BCUT2D eigenvalue weighted by molar-refractivity contribution is 7.89. The van der Waals surface area contributed by atoms with E-state index in [4.69, 9.17) is 0 Å². The van der Waals surface area contributed by atoms with Crippen LogP contribution in [0, 0.1) is 0 Å². The van der Waals surface area contributed by atoms with Crippen molar-refractivity contribution in [3.05, 3.63) is 52.2 Å². The second-order valence-corrected chi connectivity index (χ2v) is 7.89. The molecule has 0 atom stereocenters. The fraction of sp³-hybridized carbons (Fsp3) is 0.250. The zero-order chi connectivity index (χ0) is 18.4. The molecule has 0 aliphatic heterocycles. The summed E-state index contributed by atoms with van der Waals surface area (Å²) in [5.41, 5.74) is 4.72. The Morgan fingerprint density at radius 2 is 1.72 bits per heavy atom. The first-order chi connectivity index (χ1) is 11.9. The fourth-order valence-electron chi connectivity index (χ4n) is 2.17. The van der Waals surface area contributed by atoms with Gasteiger partial charge in [0.25, 0.3) is 11.8 Å². The topological polar surface area (TPSA) is 95.6 Å². The molecule has 0 spiro atoms. The first kappa shape index (κ1) is 19.1. The van der Waals surface area contributed by atoms with Crippen LogP contribution in [0.3, 0.4) is 0 Å². The van der Waals surface area contributed by atoms with Gasteiger partial charge in [-0.2, -0.15) is 4.31 Å². The molecule has 0 unspecified atom stereocenters. The number of hydrogen-bond acceptors (Lipinski definition) is 5. The van der Waals surface area contributed by atoms with E-state index < -0.39 is 21.8 Å². The van der Waals surface area contributed by atoms with E-state index in [2.05, 4.69) is 10.9 Å². The van der Waals surface area contributed by atoms with Crippen LogP contribution in [-0.2, 0) is 10.0 Å². The first-order valence-corrected chi connectivity index (χ1v) is 9.96. The van der Waals surface area contributed by atoms with Gasteiger partial charge < -0.3 is 0 Å². The zero-order valence-electron chi connectivity index (χ0n) is 13.9. The lowest BCUT2D eigenvalue weighted by Crippen LogP contribution is -2.41. The molecule has 1 aromatic carbocycles. The number of hydrogen-bond donors (Lipinski definition) is 2. The Balaban J connectivity index is 2.12. The van der Waals surface area contributed by atoms with Crippen molar-refractivity contribution in [2.45, 2.75) is 18.7 Å². The van der Waals surface area contributed by atoms with Crippen molar-refractivity contribution >= 4 is 33.2 Å². The lowest BCUT2D eigenvalue weighted by Gasteiger charge is -2.18. The normalized spacial score (nSPS) is 11.3. The maximum Gasteiger partial charge on any atom is 0.279 e. The van der Waals surface area contributed by atoms with Gasteiger partial charge in [0.2, 0.25) is 10.0 Å². The monoisotopic (exact) mass is 381 g/mol. The third-order valence-corrected chi connectivity index (χ3v) is 6.39. The second-order valence-electron chi connectivity index (χ2n) is 5.00. The smallest absolute Gasteiger partial charge is 0.267 e. The van der Waals surface area contributed by atoms with Crippen LogP contribution in [-0.4, -0.2) is 37.6 Å². The van der Waals surface area contributed by atoms with Crippen molar-refractivity contribution in [2.24, 2.45) is 0 Å². The predicted molar refractivity (Wildman–Crippen MR) is 95.8 cm³/mol. The van der Waals surface area contributed by atoms with E-state index in [1.54, 1.807) is 31.4 Å². The van der Waals surface area contributed by atoms with Gasteiger partial charge in [0.15, 0.2) is 0 Å². The van der Waals surface area contributed by atoms with Gasteiger partial charge in [-0.1, -0.05) is 26.0 Å². The van der Waals surface area contributed by atoms with E-state index in [0.29, 0.717) is 18.0 Å². The summed E-state index contributed by atoms with van der Waals surface area (Å²) in [4.78, 5) is 24.5. The third-order valence-electron chi connectivity index (χ3n) is 3.47. The van der Waals surface area contributed by atoms with E-state index in [-0.39, 0.29) is 10.5 Å². The van der Waals surface area contributed by atoms with Gasteiger partial charge >= 0.3 is 0 Å².